The third-order valence-corrected chi connectivity index (χ3v) is 3.49. The van der Waals surface area contributed by atoms with Crippen LogP contribution in [0.5, 0.6) is 0 Å². The van der Waals surface area contributed by atoms with Crippen LogP contribution in [0.4, 0.5) is 5.69 Å². The van der Waals surface area contributed by atoms with Crippen molar-refractivity contribution in [3.63, 3.8) is 0 Å². The minimum atomic E-state index is -0.749. The van der Waals surface area contributed by atoms with Gasteiger partial charge < -0.3 is 14.8 Å². The molecule has 0 saturated carbocycles. The first-order chi connectivity index (χ1) is 11.4. The molecule has 0 radical (unpaired) electrons. The minimum Gasteiger partial charge on any atom is -0.462 e. The number of amides is 1. The van der Waals surface area contributed by atoms with Gasteiger partial charge in [-0.25, -0.2) is 9.59 Å². The van der Waals surface area contributed by atoms with Gasteiger partial charge in [0.1, 0.15) is 5.57 Å². The molecule has 24 heavy (non-hydrogen) atoms. The van der Waals surface area contributed by atoms with Crippen LogP contribution in [-0.4, -0.2) is 31.1 Å². The number of hydrogen-bond acceptors (Lipinski definition) is 5. The van der Waals surface area contributed by atoms with Crippen LogP contribution in [0.3, 0.4) is 0 Å². The van der Waals surface area contributed by atoms with Crippen molar-refractivity contribution in [2.24, 2.45) is 0 Å². The normalized spacial score (nSPS) is 9.83. The van der Waals surface area contributed by atoms with Crippen LogP contribution in [0.2, 0.25) is 0 Å². The molecule has 0 bridgehead atoms. The first-order valence-electron chi connectivity index (χ1n) is 7.45. The van der Waals surface area contributed by atoms with Gasteiger partial charge in [0.15, 0.2) is 0 Å². The zero-order chi connectivity index (χ0) is 18.1. The fraction of sp³-hybridized carbons (Fsp3) is 0.353. The van der Waals surface area contributed by atoms with Gasteiger partial charge in [0.25, 0.3) is 0 Å². The number of hydrogen-bond donors (Lipinski definition) is 1. The number of benzene rings is 1. The van der Waals surface area contributed by atoms with E-state index < -0.39 is 11.9 Å². The molecule has 130 valence electrons. The lowest BCUT2D eigenvalue weighted by Gasteiger charge is -2.10. The largest absolute Gasteiger partial charge is 0.462 e. The molecule has 1 N–H and O–H groups in total. The van der Waals surface area contributed by atoms with Gasteiger partial charge in [-0.05, 0) is 37.1 Å². The van der Waals surface area contributed by atoms with Gasteiger partial charge in [0.05, 0.1) is 13.2 Å². The lowest BCUT2D eigenvalue weighted by molar-refractivity contribution is -0.146. The van der Waals surface area contributed by atoms with Crippen molar-refractivity contribution in [1.82, 2.24) is 0 Å². The minimum absolute atomic E-state index is 0.148. The van der Waals surface area contributed by atoms with Crippen LogP contribution in [-0.2, 0) is 29.2 Å². The molecule has 7 heteroatoms. The number of nitrogens with one attached hydrogen (secondary N) is 1. The van der Waals surface area contributed by atoms with Crippen molar-refractivity contribution < 1.29 is 23.9 Å². The summed E-state index contributed by atoms with van der Waals surface area (Å²) in [5.41, 5.74) is 1.84. The quantitative estimate of drug-likeness (QED) is 0.251. The van der Waals surface area contributed by atoms with Crippen molar-refractivity contribution in [3.8, 4) is 0 Å². The van der Waals surface area contributed by atoms with Crippen molar-refractivity contribution in [3.05, 3.63) is 34.9 Å². The standard InChI is InChI=1S/C17H20BrNO5/c1-4-23-16(21)14(17(22)24-5-2)8-12-6-7-13(10-18)15(9-12)19-11(3)20/h6-9H,4-5,10H2,1-3H3,(H,19,20). The van der Waals surface area contributed by atoms with Crippen molar-refractivity contribution >= 4 is 45.5 Å². The molecule has 0 atom stereocenters. The molecule has 0 aliphatic rings. The van der Waals surface area contributed by atoms with E-state index >= 15 is 0 Å². The molecular weight excluding hydrogens is 378 g/mol. The SMILES string of the molecule is CCOC(=O)C(=Cc1ccc(CBr)c(NC(C)=O)c1)C(=O)OCC. The van der Waals surface area contributed by atoms with Crippen LogP contribution < -0.4 is 5.32 Å². The van der Waals surface area contributed by atoms with Gasteiger partial charge in [-0.2, -0.15) is 0 Å². The van der Waals surface area contributed by atoms with Gasteiger partial charge in [-0.1, -0.05) is 28.1 Å². The number of rotatable bonds is 7. The van der Waals surface area contributed by atoms with Gasteiger partial charge in [0, 0.05) is 17.9 Å². The van der Waals surface area contributed by atoms with E-state index in [9.17, 15) is 14.4 Å². The molecule has 6 nitrogen and oxygen atoms in total. The summed E-state index contributed by atoms with van der Waals surface area (Å²) in [5, 5.41) is 3.27. The lowest BCUT2D eigenvalue weighted by Crippen LogP contribution is -2.18. The van der Waals surface area contributed by atoms with Crippen LogP contribution in [0.1, 0.15) is 31.9 Å². The molecule has 0 unspecified atom stereocenters. The molecule has 0 heterocycles. The van der Waals surface area contributed by atoms with Crippen molar-refractivity contribution in [1.29, 1.82) is 0 Å². The van der Waals surface area contributed by atoms with E-state index in [1.807, 2.05) is 0 Å². The summed E-state index contributed by atoms with van der Waals surface area (Å²) in [6, 6.07) is 5.20. The maximum atomic E-state index is 12.0. The number of esters is 2. The molecule has 1 aromatic rings. The number of alkyl halides is 1. The summed E-state index contributed by atoms with van der Waals surface area (Å²) in [6.07, 6.45) is 1.39. The maximum absolute atomic E-state index is 12.0. The smallest absolute Gasteiger partial charge is 0.345 e. The van der Waals surface area contributed by atoms with E-state index in [0.29, 0.717) is 16.6 Å². The highest BCUT2D eigenvalue weighted by Gasteiger charge is 2.21. The Morgan fingerprint density at radius 1 is 1.12 bits per heavy atom. The molecule has 0 aromatic heterocycles. The fourth-order valence-corrected chi connectivity index (χ4v) is 2.38. The molecule has 0 aliphatic carbocycles. The Morgan fingerprint density at radius 2 is 1.71 bits per heavy atom. The first kappa shape index (κ1) is 19.9. The van der Waals surface area contributed by atoms with Crippen molar-refractivity contribution in [2.75, 3.05) is 18.5 Å². The molecule has 1 rings (SSSR count). The predicted molar refractivity (Wildman–Crippen MR) is 94.6 cm³/mol. The zero-order valence-corrected chi connectivity index (χ0v) is 15.4. The van der Waals surface area contributed by atoms with E-state index in [1.165, 1.54) is 13.0 Å². The molecule has 1 amide bonds. The van der Waals surface area contributed by atoms with Crippen LogP contribution >= 0.6 is 15.9 Å². The Balaban J connectivity index is 3.27. The van der Waals surface area contributed by atoms with Gasteiger partial charge in [-0.3, -0.25) is 4.79 Å². The average molecular weight is 398 g/mol. The fourth-order valence-electron chi connectivity index (χ4n) is 1.89. The Bertz CT molecular complexity index is 634. The molecular formula is C17H20BrNO5. The van der Waals surface area contributed by atoms with E-state index in [1.54, 1.807) is 32.0 Å². The Kier molecular flexibility index (Phi) is 8.18. The Hall–Kier alpha value is -2.15. The molecule has 0 saturated heterocycles. The van der Waals surface area contributed by atoms with E-state index in [4.69, 9.17) is 9.47 Å². The number of anilines is 1. The summed E-state index contributed by atoms with van der Waals surface area (Å²) in [7, 11) is 0. The summed E-state index contributed by atoms with van der Waals surface area (Å²) in [5.74, 6) is -1.71. The number of carbonyl (C=O) groups is 3. The second kappa shape index (κ2) is 9.87. The average Bonchev–Trinajstić information content (AvgIpc) is 2.52. The molecule has 0 aliphatic heterocycles. The highest BCUT2D eigenvalue weighted by atomic mass is 79.9. The molecule has 1 aromatic carbocycles. The van der Waals surface area contributed by atoms with Crippen LogP contribution in [0.15, 0.2) is 23.8 Å². The first-order valence-corrected chi connectivity index (χ1v) is 8.57. The number of halogens is 1. The van der Waals surface area contributed by atoms with Gasteiger partial charge >= 0.3 is 11.9 Å². The summed E-state index contributed by atoms with van der Waals surface area (Å²) < 4.78 is 9.80. The van der Waals surface area contributed by atoms with Crippen molar-refractivity contribution in [2.45, 2.75) is 26.1 Å². The third kappa shape index (κ3) is 5.81. The summed E-state index contributed by atoms with van der Waals surface area (Å²) in [4.78, 5) is 35.3. The third-order valence-electron chi connectivity index (χ3n) is 2.89. The van der Waals surface area contributed by atoms with E-state index in [0.717, 1.165) is 5.56 Å². The van der Waals surface area contributed by atoms with Crippen LogP contribution in [0, 0.1) is 0 Å². The topological polar surface area (TPSA) is 81.7 Å². The highest BCUT2D eigenvalue weighted by molar-refractivity contribution is 9.08. The second-order valence-electron chi connectivity index (χ2n) is 4.73. The zero-order valence-electron chi connectivity index (χ0n) is 13.8. The Morgan fingerprint density at radius 3 is 2.17 bits per heavy atom. The summed E-state index contributed by atoms with van der Waals surface area (Å²) >= 11 is 3.35. The highest BCUT2D eigenvalue weighted by Crippen LogP contribution is 2.22. The lowest BCUT2D eigenvalue weighted by atomic mass is 10.1. The van der Waals surface area contributed by atoms with Crippen LogP contribution in [0.25, 0.3) is 6.08 Å². The van der Waals surface area contributed by atoms with E-state index in [2.05, 4.69) is 21.2 Å². The second-order valence-corrected chi connectivity index (χ2v) is 5.29. The number of ether oxygens (including phenoxy) is 2. The summed E-state index contributed by atoms with van der Waals surface area (Å²) in [6.45, 7) is 5.01. The maximum Gasteiger partial charge on any atom is 0.345 e. The van der Waals surface area contributed by atoms with Gasteiger partial charge in [-0.15, -0.1) is 0 Å². The predicted octanol–water partition coefficient (Wildman–Crippen LogP) is 3.05. The van der Waals surface area contributed by atoms with E-state index in [-0.39, 0.29) is 24.7 Å². The number of carbonyl (C=O) groups excluding carboxylic acids is 3. The Labute approximate surface area is 149 Å². The monoisotopic (exact) mass is 397 g/mol. The molecule has 0 spiro atoms. The van der Waals surface area contributed by atoms with Gasteiger partial charge in [0.2, 0.25) is 5.91 Å². The molecule has 0 fully saturated rings.